The molecule has 0 aliphatic heterocycles. The first-order valence-electron chi connectivity index (χ1n) is 4.87. The number of hydrogen-bond donors (Lipinski definition) is 1. The predicted octanol–water partition coefficient (Wildman–Crippen LogP) is 2.11. The molecular formula is C11H14BrN3. The minimum Gasteiger partial charge on any atom is -0.369 e. The number of hydrogen-bond acceptors (Lipinski definition) is 3. The van der Waals surface area contributed by atoms with Crippen molar-refractivity contribution in [3.05, 3.63) is 28.2 Å². The maximum atomic E-state index is 9.00. The number of likely N-dealkylation sites (N-methyl/N-ethyl adjacent to an activating group) is 1. The molecular weight excluding hydrogens is 254 g/mol. The highest BCUT2D eigenvalue weighted by atomic mass is 79.9. The summed E-state index contributed by atoms with van der Waals surface area (Å²) in [6, 6.07) is 7.84. The Morgan fingerprint density at radius 3 is 2.80 bits per heavy atom. The summed E-state index contributed by atoms with van der Waals surface area (Å²) < 4.78 is 0.979. The lowest BCUT2D eigenvalue weighted by Crippen LogP contribution is -2.29. The van der Waals surface area contributed by atoms with E-state index in [1.54, 1.807) is 0 Å². The van der Waals surface area contributed by atoms with Gasteiger partial charge >= 0.3 is 0 Å². The van der Waals surface area contributed by atoms with Gasteiger partial charge in [0.05, 0.1) is 11.3 Å². The van der Waals surface area contributed by atoms with Crippen LogP contribution < -0.4 is 10.6 Å². The van der Waals surface area contributed by atoms with Crippen LogP contribution in [-0.4, -0.2) is 19.6 Å². The lowest BCUT2D eigenvalue weighted by atomic mass is 10.1. The molecule has 4 heteroatoms. The van der Waals surface area contributed by atoms with Crippen LogP contribution in [0.5, 0.6) is 0 Å². The summed E-state index contributed by atoms with van der Waals surface area (Å²) in [5, 5.41) is 9.00. The quantitative estimate of drug-likeness (QED) is 0.909. The fourth-order valence-corrected chi connectivity index (χ4v) is 1.81. The van der Waals surface area contributed by atoms with Crippen LogP contribution in [0, 0.1) is 11.3 Å². The van der Waals surface area contributed by atoms with Crippen LogP contribution >= 0.6 is 15.9 Å². The van der Waals surface area contributed by atoms with Crippen molar-refractivity contribution in [2.45, 2.75) is 6.92 Å². The lowest BCUT2D eigenvalue weighted by Gasteiger charge is -2.23. The van der Waals surface area contributed by atoms with Crippen molar-refractivity contribution in [3.8, 4) is 6.07 Å². The van der Waals surface area contributed by atoms with Crippen LogP contribution in [0.15, 0.2) is 22.7 Å². The van der Waals surface area contributed by atoms with Crippen molar-refractivity contribution in [2.24, 2.45) is 5.73 Å². The van der Waals surface area contributed by atoms with E-state index in [0.717, 1.165) is 23.2 Å². The number of benzene rings is 1. The van der Waals surface area contributed by atoms with Crippen LogP contribution in [0.4, 0.5) is 5.69 Å². The summed E-state index contributed by atoms with van der Waals surface area (Å²) in [6.07, 6.45) is 0. The Kier molecular flexibility index (Phi) is 4.60. The number of nitriles is 1. The van der Waals surface area contributed by atoms with E-state index in [9.17, 15) is 0 Å². The molecule has 80 valence electrons. The molecule has 0 aromatic heterocycles. The standard InChI is InChI=1S/C11H14BrN3/c1-2-15(6-5-13)11-7-10(12)4-3-9(11)8-14/h3-4,7H,2,5-6,13H2,1H3. The average molecular weight is 268 g/mol. The molecule has 0 fully saturated rings. The highest BCUT2D eigenvalue weighted by Gasteiger charge is 2.09. The first-order chi connectivity index (χ1) is 7.22. The Hall–Kier alpha value is -1.05. The second kappa shape index (κ2) is 5.74. The molecule has 0 amide bonds. The molecule has 0 atom stereocenters. The van der Waals surface area contributed by atoms with Gasteiger partial charge in [0.25, 0.3) is 0 Å². The maximum Gasteiger partial charge on any atom is 0.101 e. The van der Waals surface area contributed by atoms with Crippen molar-refractivity contribution in [1.82, 2.24) is 0 Å². The Morgan fingerprint density at radius 2 is 2.27 bits per heavy atom. The van der Waals surface area contributed by atoms with Crippen molar-refractivity contribution in [2.75, 3.05) is 24.5 Å². The predicted molar refractivity (Wildman–Crippen MR) is 65.8 cm³/mol. The van der Waals surface area contributed by atoms with Gasteiger partial charge in [-0.1, -0.05) is 15.9 Å². The number of halogens is 1. The van der Waals surface area contributed by atoms with Crippen molar-refractivity contribution in [3.63, 3.8) is 0 Å². The van der Waals surface area contributed by atoms with Gasteiger partial charge in [0.1, 0.15) is 6.07 Å². The molecule has 1 rings (SSSR count). The van der Waals surface area contributed by atoms with Crippen LogP contribution in [0.1, 0.15) is 12.5 Å². The van der Waals surface area contributed by atoms with E-state index in [-0.39, 0.29) is 0 Å². The molecule has 0 saturated carbocycles. The van der Waals surface area contributed by atoms with Gasteiger partial charge in [0, 0.05) is 24.1 Å². The van der Waals surface area contributed by atoms with Gasteiger partial charge in [-0.05, 0) is 25.1 Å². The highest BCUT2D eigenvalue weighted by molar-refractivity contribution is 9.10. The molecule has 0 aliphatic carbocycles. The summed E-state index contributed by atoms with van der Waals surface area (Å²) in [7, 11) is 0. The molecule has 3 nitrogen and oxygen atoms in total. The summed E-state index contributed by atoms with van der Waals surface area (Å²) in [6.45, 7) is 4.26. The number of nitrogens with two attached hydrogens (primary N) is 1. The van der Waals surface area contributed by atoms with Crippen LogP contribution in [0.3, 0.4) is 0 Å². The van der Waals surface area contributed by atoms with Crippen molar-refractivity contribution >= 4 is 21.6 Å². The molecule has 1 aromatic rings. The van der Waals surface area contributed by atoms with Gasteiger partial charge in [-0.25, -0.2) is 0 Å². The van der Waals surface area contributed by atoms with Crippen LogP contribution in [0.25, 0.3) is 0 Å². The number of anilines is 1. The maximum absolute atomic E-state index is 9.00. The number of rotatable bonds is 4. The van der Waals surface area contributed by atoms with Crippen molar-refractivity contribution < 1.29 is 0 Å². The third-order valence-electron chi connectivity index (χ3n) is 2.20. The van der Waals surface area contributed by atoms with Crippen LogP contribution in [0.2, 0.25) is 0 Å². The fraction of sp³-hybridized carbons (Fsp3) is 0.364. The van der Waals surface area contributed by atoms with E-state index in [1.165, 1.54) is 0 Å². The van der Waals surface area contributed by atoms with E-state index in [2.05, 4.69) is 33.8 Å². The van der Waals surface area contributed by atoms with Gasteiger partial charge in [-0.15, -0.1) is 0 Å². The summed E-state index contributed by atoms with van der Waals surface area (Å²) >= 11 is 3.41. The molecule has 0 aliphatic rings. The normalized spacial score (nSPS) is 9.73. The molecule has 15 heavy (non-hydrogen) atoms. The SMILES string of the molecule is CCN(CCN)c1cc(Br)ccc1C#N. The zero-order valence-electron chi connectivity index (χ0n) is 8.70. The van der Waals surface area contributed by atoms with E-state index in [4.69, 9.17) is 11.0 Å². The van der Waals surface area contributed by atoms with E-state index >= 15 is 0 Å². The Bertz CT molecular complexity index is 371. The number of nitrogens with zero attached hydrogens (tertiary/aromatic N) is 2. The Morgan fingerprint density at radius 1 is 1.53 bits per heavy atom. The largest absolute Gasteiger partial charge is 0.369 e. The minimum absolute atomic E-state index is 0.589. The average Bonchev–Trinajstić information content (AvgIpc) is 2.26. The fourth-order valence-electron chi connectivity index (χ4n) is 1.47. The topological polar surface area (TPSA) is 53.0 Å². The third kappa shape index (κ3) is 2.95. The minimum atomic E-state index is 0.589. The summed E-state index contributed by atoms with van der Waals surface area (Å²) in [5.74, 6) is 0. The van der Waals surface area contributed by atoms with Gasteiger partial charge in [0.15, 0.2) is 0 Å². The Labute approximate surface area is 98.6 Å². The molecule has 0 saturated heterocycles. The third-order valence-corrected chi connectivity index (χ3v) is 2.69. The molecule has 0 unspecified atom stereocenters. The van der Waals surface area contributed by atoms with Gasteiger partial charge < -0.3 is 10.6 Å². The monoisotopic (exact) mass is 267 g/mol. The molecule has 1 aromatic carbocycles. The summed E-state index contributed by atoms with van der Waals surface area (Å²) in [4.78, 5) is 2.10. The second-order valence-electron chi connectivity index (χ2n) is 3.14. The summed E-state index contributed by atoms with van der Waals surface area (Å²) in [5.41, 5.74) is 7.17. The molecule has 0 spiro atoms. The van der Waals surface area contributed by atoms with Gasteiger partial charge in [-0.3, -0.25) is 0 Å². The van der Waals surface area contributed by atoms with Gasteiger partial charge in [0.2, 0.25) is 0 Å². The van der Waals surface area contributed by atoms with E-state index in [0.29, 0.717) is 12.1 Å². The molecule has 0 bridgehead atoms. The molecule has 2 N–H and O–H groups in total. The highest BCUT2D eigenvalue weighted by Crippen LogP contribution is 2.24. The van der Waals surface area contributed by atoms with Crippen molar-refractivity contribution in [1.29, 1.82) is 5.26 Å². The van der Waals surface area contributed by atoms with Crippen LogP contribution in [-0.2, 0) is 0 Å². The smallest absolute Gasteiger partial charge is 0.101 e. The first-order valence-corrected chi connectivity index (χ1v) is 5.67. The molecule has 0 radical (unpaired) electrons. The van der Waals surface area contributed by atoms with Gasteiger partial charge in [-0.2, -0.15) is 5.26 Å². The van der Waals surface area contributed by atoms with E-state index < -0.39 is 0 Å². The lowest BCUT2D eigenvalue weighted by molar-refractivity contribution is 0.815. The zero-order valence-corrected chi connectivity index (χ0v) is 10.3. The molecule has 0 heterocycles. The van der Waals surface area contributed by atoms with E-state index in [1.807, 2.05) is 18.2 Å². The second-order valence-corrected chi connectivity index (χ2v) is 4.06. The Balaban J connectivity index is 3.09. The first kappa shape index (κ1) is 12.0. The zero-order chi connectivity index (χ0) is 11.3.